The molecule has 1 aliphatic rings. The number of fused-ring (bicyclic) bond motifs is 1. The lowest BCUT2D eigenvalue weighted by atomic mass is 9.89. The topological polar surface area (TPSA) is 9.23 Å². The van der Waals surface area contributed by atoms with E-state index in [4.69, 9.17) is 4.74 Å². The van der Waals surface area contributed by atoms with Gasteiger partial charge in [0.05, 0.1) is 0 Å². The maximum absolute atomic E-state index is 5.64. The number of rotatable bonds is 0. The Morgan fingerprint density at radius 1 is 1.33 bits per heavy atom. The van der Waals surface area contributed by atoms with Crippen LogP contribution in [0.15, 0.2) is 16.6 Å². The van der Waals surface area contributed by atoms with Crippen LogP contribution in [0.1, 0.15) is 25.0 Å². The van der Waals surface area contributed by atoms with Crippen molar-refractivity contribution in [2.75, 3.05) is 0 Å². The fraction of sp³-hybridized carbons (Fsp3) is 0.400. The highest BCUT2D eigenvalue weighted by atomic mass is 79.9. The molecule has 1 heterocycles. The van der Waals surface area contributed by atoms with Crippen molar-refractivity contribution in [2.24, 2.45) is 0 Å². The van der Waals surface area contributed by atoms with Gasteiger partial charge in [-0.05, 0) is 38.5 Å². The molecule has 1 nitrogen and oxygen atoms in total. The molecule has 0 unspecified atom stereocenters. The molecule has 2 heteroatoms. The third-order valence-corrected chi connectivity index (χ3v) is 2.70. The van der Waals surface area contributed by atoms with Gasteiger partial charge in [0, 0.05) is 10.0 Å². The normalized spacial score (nSPS) is 17.7. The van der Waals surface area contributed by atoms with Gasteiger partial charge in [-0.25, -0.2) is 0 Å². The molecule has 1 aromatic rings. The first-order chi connectivity index (χ1) is 5.50. The summed E-state index contributed by atoms with van der Waals surface area (Å²) in [4.78, 5) is 0. The van der Waals surface area contributed by atoms with Crippen molar-refractivity contribution >= 4 is 15.9 Å². The van der Waals surface area contributed by atoms with Crippen LogP contribution in [0, 0.1) is 6.92 Å². The van der Waals surface area contributed by atoms with E-state index in [1.807, 2.05) is 0 Å². The minimum Gasteiger partial charge on any atom is -0.482 e. The molecule has 0 bridgehead atoms. The van der Waals surface area contributed by atoms with Crippen LogP contribution in [0.5, 0.6) is 5.75 Å². The molecule has 0 atom stereocenters. The van der Waals surface area contributed by atoms with Crippen LogP contribution in [-0.4, -0.2) is 0 Å². The summed E-state index contributed by atoms with van der Waals surface area (Å²) >= 11 is 3.48. The van der Waals surface area contributed by atoms with Gasteiger partial charge in [-0.2, -0.15) is 0 Å². The molecule has 0 amide bonds. The van der Waals surface area contributed by atoms with E-state index in [-0.39, 0.29) is 5.60 Å². The van der Waals surface area contributed by atoms with E-state index in [1.54, 1.807) is 0 Å². The monoisotopic (exact) mass is 226 g/mol. The Morgan fingerprint density at radius 2 is 2.00 bits per heavy atom. The Bertz CT molecular complexity index is 342. The second-order valence-corrected chi connectivity index (χ2v) is 4.63. The molecule has 0 aliphatic carbocycles. The van der Waals surface area contributed by atoms with Gasteiger partial charge in [0.1, 0.15) is 11.4 Å². The highest BCUT2D eigenvalue weighted by Crippen LogP contribution is 2.46. The molecule has 0 aromatic heterocycles. The second-order valence-electron chi connectivity index (χ2n) is 3.71. The van der Waals surface area contributed by atoms with Gasteiger partial charge in [0.2, 0.25) is 0 Å². The first-order valence-corrected chi connectivity index (χ1v) is 4.79. The summed E-state index contributed by atoms with van der Waals surface area (Å²) in [5.41, 5.74) is 2.41. The van der Waals surface area contributed by atoms with Crippen LogP contribution in [0.3, 0.4) is 0 Å². The zero-order valence-electron chi connectivity index (χ0n) is 7.44. The number of ether oxygens (including phenoxy) is 1. The highest BCUT2D eigenvalue weighted by molar-refractivity contribution is 9.10. The predicted molar refractivity (Wildman–Crippen MR) is 52.5 cm³/mol. The first-order valence-electron chi connectivity index (χ1n) is 4.00. The fourth-order valence-corrected chi connectivity index (χ4v) is 2.15. The summed E-state index contributed by atoms with van der Waals surface area (Å²) in [6.45, 7) is 6.24. The molecule has 1 aromatic carbocycles. The van der Waals surface area contributed by atoms with Crippen molar-refractivity contribution in [3.63, 3.8) is 0 Å². The lowest BCUT2D eigenvalue weighted by Gasteiger charge is -2.39. The largest absolute Gasteiger partial charge is 0.482 e. The highest BCUT2D eigenvalue weighted by Gasteiger charge is 2.37. The minimum atomic E-state index is -0.0934. The van der Waals surface area contributed by atoms with Gasteiger partial charge in [0.15, 0.2) is 0 Å². The van der Waals surface area contributed by atoms with Crippen LogP contribution in [0.2, 0.25) is 0 Å². The molecule has 64 valence electrons. The Kier molecular flexibility index (Phi) is 1.52. The van der Waals surface area contributed by atoms with Crippen molar-refractivity contribution in [1.29, 1.82) is 0 Å². The lowest BCUT2D eigenvalue weighted by Crippen LogP contribution is -2.35. The molecule has 0 saturated heterocycles. The van der Waals surface area contributed by atoms with Gasteiger partial charge in [0.25, 0.3) is 0 Å². The van der Waals surface area contributed by atoms with Gasteiger partial charge in [-0.15, -0.1) is 0 Å². The van der Waals surface area contributed by atoms with Crippen LogP contribution in [0.4, 0.5) is 0 Å². The summed E-state index contributed by atoms with van der Waals surface area (Å²) in [7, 11) is 0. The second kappa shape index (κ2) is 2.25. The standard InChI is InChI=1S/C10H11BrO/c1-6-4-7(11)5-8-9(6)12-10(8,2)3/h4-5H,1-3H3. The van der Waals surface area contributed by atoms with Crippen molar-refractivity contribution in [3.8, 4) is 5.75 Å². The van der Waals surface area contributed by atoms with Crippen molar-refractivity contribution in [2.45, 2.75) is 26.4 Å². The van der Waals surface area contributed by atoms with Crippen LogP contribution >= 0.6 is 15.9 Å². The lowest BCUT2D eigenvalue weighted by molar-refractivity contribution is 0.0504. The summed E-state index contributed by atoms with van der Waals surface area (Å²) < 4.78 is 6.77. The number of halogens is 1. The molecule has 0 N–H and O–H groups in total. The van der Waals surface area contributed by atoms with Crippen LogP contribution in [-0.2, 0) is 5.60 Å². The number of aryl methyl sites for hydroxylation is 1. The average molecular weight is 227 g/mol. The number of benzene rings is 1. The molecule has 12 heavy (non-hydrogen) atoms. The average Bonchev–Trinajstić information content (AvgIpc) is 1.94. The Morgan fingerprint density at radius 3 is 2.58 bits per heavy atom. The van der Waals surface area contributed by atoms with E-state index >= 15 is 0 Å². The van der Waals surface area contributed by atoms with Crippen molar-refractivity contribution in [1.82, 2.24) is 0 Å². The van der Waals surface area contributed by atoms with Crippen LogP contribution in [0.25, 0.3) is 0 Å². The van der Waals surface area contributed by atoms with Gasteiger partial charge in [-0.1, -0.05) is 15.9 Å². The Balaban J connectivity index is 2.60. The summed E-state index contributed by atoms with van der Waals surface area (Å²) in [6.07, 6.45) is 0. The smallest absolute Gasteiger partial charge is 0.132 e. The minimum absolute atomic E-state index is 0.0934. The van der Waals surface area contributed by atoms with Crippen molar-refractivity contribution in [3.05, 3.63) is 27.7 Å². The quantitative estimate of drug-likeness (QED) is 0.660. The molecule has 0 saturated carbocycles. The van der Waals surface area contributed by atoms with E-state index in [9.17, 15) is 0 Å². The van der Waals surface area contributed by atoms with E-state index in [0.717, 1.165) is 10.2 Å². The summed E-state index contributed by atoms with van der Waals surface area (Å²) in [6, 6.07) is 4.21. The maximum atomic E-state index is 5.64. The Hall–Kier alpha value is -0.500. The van der Waals surface area contributed by atoms with Gasteiger partial charge in [-0.3, -0.25) is 0 Å². The Labute approximate surface area is 80.9 Å². The zero-order valence-corrected chi connectivity index (χ0v) is 9.03. The molecule has 0 spiro atoms. The summed E-state index contributed by atoms with van der Waals surface area (Å²) in [5.74, 6) is 1.06. The third-order valence-electron chi connectivity index (χ3n) is 2.25. The third kappa shape index (κ3) is 0.977. The molecule has 0 radical (unpaired) electrons. The van der Waals surface area contributed by atoms with Crippen LogP contribution < -0.4 is 4.74 Å². The molecule has 0 fully saturated rings. The maximum Gasteiger partial charge on any atom is 0.132 e. The molecule has 1 aliphatic heterocycles. The van der Waals surface area contributed by atoms with E-state index in [0.29, 0.717) is 0 Å². The van der Waals surface area contributed by atoms with E-state index < -0.39 is 0 Å². The predicted octanol–water partition coefficient (Wildman–Crippen LogP) is 3.39. The van der Waals surface area contributed by atoms with E-state index in [1.165, 1.54) is 11.1 Å². The van der Waals surface area contributed by atoms with Gasteiger partial charge < -0.3 is 4.74 Å². The van der Waals surface area contributed by atoms with Crippen molar-refractivity contribution < 1.29 is 4.74 Å². The summed E-state index contributed by atoms with van der Waals surface area (Å²) in [5, 5.41) is 0. The molecular weight excluding hydrogens is 216 g/mol. The van der Waals surface area contributed by atoms with E-state index in [2.05, 4.69) is 48.8 Å². The number of hydrogen-bond acceptors (Lipinski definition) is 1. The first kappa shape index (κ1) is 8.11. The zero-order chi connectivity index (χ0) is 8.93. The fourth-order valence-electron chi connectivity index (χ4n) is 1.58. The van der Waals surface area contributed by atoms with Gasteiger partial charge >= 0.3 is 0 Å². The molecular formula is C10H11BrO. The number of hydrogen-bond donors (Lipinski definition) is 0. The SMILES string of the molecule is Cc1cc(Br)cc2c1OC2(C)C. The molecule has 2 rings (SSSR count).